The van der Waals surface area contributed by atoms with Gasteiger partial charge < -0.3 is 9.13 Å². The van der Waals surface area contributed by atoms with Crippen molar-refractivity contribution in [1.82, 2.24) is 19.1 Å². The van der Waals surface area contributed by atoms with E-state index in [1.165, 1.54) is 21.8 Å². The van der Waals surface area contributed by atoms with Gasteiger partial charge in [-0.3, -0.25) is 0 Å². The summed E-state index contributed by atoms with van der Waals surface area (Å²) in [5.41, 5.74) is 6.35. The van der Waals surface area contributed by atoms with Crippen LogP contribution in [0.5, 0.6) is 0 Å². The quantitative estimate of drug-likeness (QED) is 0.189. The summed E-state index contributed by atoms with van der Waals surface area (Å²) >= 11 is 0. The molecule has 44 heavy (non-hydrogen) atoms. The van der Waals surface area contributed by atoms with E-state index >= 15 is 0 Å². The molecule has 0 radical (unpaired) electrons. The Hall–Kier alpha value is -6.12. The van der Waals surface area contributed by atoms with Crippen molar-refractivity contribution >= 4 is 67.7 Å². The minimum atomic E-state index is -0.00229. The third-order valence-electron chi connectivity index (χ3n) is 7.97. The summed E-state index contributed by atoms with van der Waals surface area (Å²) in [6.45, 7) is 5.99. The number of aryl methyl sites for hydroxylation is 2. The molecule has 0 N–H and O–H groups in total. The van der Waals surface area contributed by atoms with E-state index in [1.807, 2.05) is 36.4 Å². The summed E-state index contributed by atoms with van der Waals surface area (Å²) in [5, 5.41) is 24.3. The predicted octanol–water partition coefficient (Wildman–Crippen LogP) is 7.98. The average molecular weight is 571 g/mol. The van der Waals surface area contributed by atoms with Gasteiger partial charge in [-0.05, 0) is 61.4 Å². The maximum atomic E-state index is 9.86. The lowest BCUT2D eigenvalue weighted by Gasteiger charge is -2.03. The molecular formula is C36H26N8. The second kappa shape index (κ2) is 10.9. The van der Waals surface area contributed by atoms with Crippen molar-refractivity contribution in [3.8, 4) is 12.1 Å². The Morgan fingerprint density at radius 2 is 1.00 bits per heavy atom. The lowest BCUT2D eigenvalue weighted by atomic mass is 10.1. The van der Waals surface area contributed by atoms with E-state index in [4.69, 9.17) is 0 Å². The third kappa shape index (κ3) is 4.38. The highest BCUT2D eigenvalue weighted by Gasteiger charge is 2.14. The zero-order valence-electron chi connectivity index (χ0n) is 24.2. The lowest BCUT2D eigenvalue weighted by molar-refractivity contribution is 0.827. The summed E-state index contributed by atoms with van der Waals surface area (Å²) in [5.74, 6) is 0.153. The summed E-state index contributed by atoms with van der Waals surface area (Å²) in [4.78, 5) is 17.7. The number of hydrogen-bond acceptors (Lipinski definition) is 6. The maximum absolute atomic E-state index is 9.86. The van der Waals surface area contributed by atoms with Gasteiger partial charge in [-0.15, -0.1) is 0 Å². The Morgan fingerprint density at radius 1 is 0.591 bits per heavy atom. The molecule has 210 valence electrons. The zero-order valence-corrected chi connectivity index (χ0v) is 24.2. The number of fused-ring (bicyclic) bond motifs is 6. The summed E-state index contributed by atoms with van der Waals surface area (Å²) in [6, 6.07) is 33.0. The monoisotopic (exact) mass is 570 g/mol. The Labute approximate surface area is 253 Å². The number of para-hydroxylation sites is 2. The number of nitrogens with zero attached hydrogens (tertiary/aromatic N) is 8. The third-order valence-corrected chi connectivity index (χ3v) is 7.97. The predicted molar refractivity (Wildman–Crippen MR) is 176 cm³/mol. The van der Waals surface area contributed by atoms with Gasteiger partial charge in [0.2, 0.25) is 0 Å². The standard InChI is InChI=1S/C36H26N8/c1-3-43-31-11-7-5-9-25(31)27-17-23(13-15-33(27)43)21-39-35-29(19-37)42-36(30(20-38)41-35)40-22-24-14-16-34-28(18-24)26-10-6-8-12-32(26)44(34)4-2/h5-18,21-22H,3-4H2,1-2H3/b39-21+,40-22?. The molecule has 8 heteroatoms. The van der Waals surface area contributed by atoms with Gasteiger partial charge in [0.05, 0.1) is 0 Å². The van der Waals surface area contributed by atoms with Crippen LogP contribution in [0.15, 0.2) is 94.9 Å². The molecule has 0 atom stereocenters. The van der Waals surface area contributed by atoms with E-state index in [2.05, 4.69) is 104 Å². The summed E-state index contributed by atoms with van der Waals surface area (Å²) in [6.07, 6.45) is 3.29. The van der Waals surface area contributed by atoms with Gasteiger partial charge in [0.25, 0.3) is 0 Å². The van der Waals surface area contributed by atoms with Gasteiger partial charge in [-0.2, -0.15) is 10.5 Å². The van der Waals surface area contributed by atoms with Crippen LogP contribution in [0.1, 0.15) is 36.4 Å². The minimum Gasteiger partial charge on any atom is -0.341 e. The van der Waals surface area contributed by atoms with Gasteiger partial charge in [-0.1, -0.05) is 48.5 Å². The van der Waals surface area contributed by atoms with Crippen LogP contribution < -0.4 is 0 Å². The summed E-state index contributed by atoms with van der Waals surface area (Å²) in [7, 11) is 0. The fourth-order valence-electron chi connectivity index (χ4n) is 6.00. The molecule has 0 saturated heterocycles. The van der Waals surface area contributed by atoms with Crippen LogP contribution in [-0.2, 0) is 13.1 Å². The fraction of sp³-hybridized carbons (Fsp3) is 0.111. The molecule has 4 aromatic carbocycles. The van der Waals surface area contributed by atoms with Crippen LogP contribution >= 0.6 is 0 Å². The molecule has 8 nitrogen and oxygen atoms in total. The Kier molecular flexibility index (Phi) is 6.65. The van der Waals surface area contributed by atoms with E-state index in [-0.39, 0.29) is 23.0 Å². The van der Waals surface area contributed by atoms with Gasteiger partial charge in [0.1, 0.15) is 12.1 Å². The van der Waals surface area contributed by atoms with Crippen LogP contribution in [0.4, 0.5) is 11.6 Å². The van der Waals surface area contributed by atoms with Crippen molar-refractivity contribution in [3.63, 3.8) is 0 Å². The first kappa shape index (κ1) is 26.8. The molecule has 0 unspecified atom stereocenters. The molecule has 7 aromatic rings. The van der Waals surface area contributed by atoms with Crippen molar-refractivity contribution in [1.29, 1.82) is 10.5 Å². The topological polar surface area (TPSA) is 108 Å². The maximum Gasteiger partial charge on any atom is 0.190 e. The molecule has 0 saturated carbocycles. The SMILES string of the molecule is CCn1c2ccccc2c2cc(C=Nc3nc(C#N)c(/N=C/c4ccc5c(c4)c4ccccc4n5CC)nc3C#N)ccc21. The number of aromatic nitrogens is 4. The number of aliphatic imine (C=N–C) groups is 2. The first-order valence-electron chi connectivity index (χ1n) is 14.5. The van der Waals surface area contributed by atoms with Crippen LogP contribution in [0, 0.1) is 22.7 Å². The molecule has 0 bridgehead atoms. The highest BCUT2D eigenvalue weighted by atomic mass is 15.0. The summed E-state index contributed by atoms with van der Waals surface area (Å²) < 4.78 is 4.57. The van der Waals surface area contributed by atoms with Crippen molar-refractivity contribution in [2.45, 2.75) is 26.9 Å². The molecule has 0 aliphatic carbocycles. The molecule has 7 rings (SSSR count). The molecule has 0 aliphatic heterocycles. The first-order chi connectivity index (χ1) is 21.6. The Balaban J connectivity index is 1.23. The van der Waals surface area contributed by atoms with Crippen LogP contribution in [0.2, 0.25) is 0 Å². The van der Waals surface area contributed by atoms with Crippen molar-refractivity contribution < 1.29 is 0 Å². The van der Waals surface area contributed by atoms with E-state index in [0.717, 1.165) is 46.0 Å². The van der Waals surface area contributed by atoms with Crippen LogP contribution in [0.25, 0.3) is 43.6 Å². The highest BCUT2D eigenvalue weighted by molar-refractivity contribution is 6.10. The largest absolute Gasteiger partial charge is 0.341 e. The molecule has 0 amide bonds. The number of rotatable bonds is 6. The fourth-order valence-corrected chi connectivity index (χ4v) is 6.00. The number of nitriles is 2. The van der Waals surface area contributed by atoms with Crippen molar-refractivity contribution in [2.24, 2.45) is 9.98 Å². The van der Waals surface area contributed by atoms with E-state index < -0.39 is 0 Å². The Bertz CT molecular complexity index is 2220. The highest BCUT2D eigenvalue weighted by Crippen LogP contribution is 2.31. The number of benzene rings is 4. The average Bonchev–Trinajstić information content (AvgIpc) is 3.57. The van der Waals surface area contributed by atoms with E-state index in [9.17, 15) is 10.5 Å². The number of hydrogen-bond donors (Lipinski definition) is 0. The van der Waals surface area contributed by atoms with E-state index in [0.29, 0.717) is 0 Å². The van der Waals surface area contributed by atoms with E-state index in [1.54, 1.807) is 12.4 Å². The van der Waals surface area contributed by atoms with Gasteiger partial charge in [0.15, 0.2) is 23.0 Å². The molecule has 3 heterocycles. The van der Waals surface area contributed by atoms with Crippen molar-refractivity contribution in [2.75, 3.05) is 0 Å². The van der Waals surface area contributed by atoms with Crippen LogP contribution in [0.3, 0.4) is 0 Å². The van der Waals surface area contributed by atoms with Gasteiger partial charge >= 0.3 is 0 Å². The molecule has 0 aliphatic rings. The lowest BCUT2D eigenvalue weighted by Crippen LogP contribution is -1.95. The molecular weight excluding hydrogens is 544 g/mol. The second-order valence-corrected chi connectivity index (χ2v) is 10.4. The first-order valence-corrected chi connectivity index (χ1v) is 14.5. The Morgan fingerprint density at radius 3 is 1.41 bits per heavy atom. The second-order valence-electron chi connectivity index (χ2n) is 10.4. The molecule has 0 fully saturated rings. The minimum absolute atomic E-state index is 0.00229. The zero-order chi connectivity index (χ0) is 30.2. The molecule has 0 spiro atoms. The van der Waals surface area contributed by atoms with Gasteiger partial charge in [-0.25, -0.2) is 20.0 Å². The molecule has 3 aromatic heterocycles. The smallest absolute Gasteiger partial charge is 0.190 e. The van der Waals surface area contributed by atoms with Crippen molar-refractivity contribution in [3.05, 3.63) is 107 Å². The van der Waals surface area contributed by atoms with Gasteiger partial charge in [0, 0.05) is 69.1 Å². The normalized spacial score (nSPS) is 11.8. The van der Waals surface area contributed by atoms with Crippen LogP contribution in [-0.4, -0.2) is 31.5 Å².